The van der Waals surface area contributed by atoms with Crippen molar-refractivity contribution in [1.29, 1.82) is 0 Å². The third kappa shape index (κ3) is 2.46. The van der Waals surface area contributed by atoms with Crippen molar-refractivity contribution in [3.63, 3.8) is 0 Å². The first-order chi connectivity index (χ1) is 8.41. The van der Waals surface area contributed by atoms with Crippen LogP contribution in [0.15, 0.2) is 24.4 Å². The Kier molecular flexibility index (Phi) is 3.26. The second-order valence-electron chi connectivity index (χ2n) is 5.15. The second-order valence-corrected chi connectivity index (χ2v) is 5.57. The van der Waals surface area contributed by atoms with Gasteiger partial charge in [0, 0.05) is 11.1 Å². The Morgan fingerprint density at radius 1 is 1.33 bits per heavy atom. The molecular formula is C13H17N3OS. The molecule has 0 aliphatic heterocycles. The lowest BCUT2D eigenvalue weighted by molar-refractivity contribution is 0.412. The fraction of sp³-hybridized carbons (Fsp3) is 0.385. The fourth-order valence-corrected chi connectivity index (χ4v) is 1.83. The molecule has 0 aliphatic carbocycles. The minimum Gasteiger partial charge on any atom is -0.495 e. The van der Waals surface area contributed by atoms with Crippen molar-refractivity contribution in [2.45, 2.75) is 26.2 Å². The van der Waals surface area contributed by atoms with Crippen LogP contribution in [0, 0.1) is 4.64 Å². The van der Waals surface area contributed by atoms with Crippen LogP contribution in [-0.2, 0) is 5.41 Å². The minimum absolute atomic E-state index is 0.0330. The predicted octanol–water partition coefficient (Wildman–Crippen LogP) is 3.24. The molecule has 2 aromatic heterocycles. The standard InChI is InChI=1S/C13H17N3OS/c1-13(2,3)10-7-12(18)16(15-10)11-6-5-9(17-4)8-14-11/h5-8,15H,1-4H3. The van der Waals surface area contributed by atoms with E-state index in [1.807, 2.05) is 18.2 Å². The number of nitrogens with zero attached hydrogens (tertiary/aromatic N) is 2. The van der Waals surface area contributed by atoms with Crippen LogP contribution in [0.4, 0.5) is 0 Å². The van der Waals surface area contributed by atoms with Crippen LogP contribution in [-0.4, -0.2) is 21.9 Å². The third-order valence-electron chi connectivity index (χ3n) is 2.71. The normalized spacial score (nSPS) is 11.6. The Morgan fingerprint density at radius 3 is 2.50 bits per heavy atom. The van der Waals surface area contributed by atoms with Gasteiger partial charge in [-0.2, -0.15) is 0 Å². The van der Waals surface area contributed by atoms with Gasteiger partial charge in [-0.25, -0.2) is 9.67 Å². The summed E-state index contributed by atoms with van der Waals surface area (Å²) < 4.78 is 7.61. The van der Waals surface area contributed by atoms with E-state index in [1.165, 1.54) is 0 Å². The molecule has 0 bridgehead atoms. The van der Waals surface area contributed by atoms with Crippen molar-refractivity contribution in [1.82, 2.24) is 14.8 Å². The van der Waals surface area contributed by atoms with E-state index >= 15 is 0 Å². The lowest BCUT2D eigenvalue weighted by Gasteiger charge is -2.15. The Hall–Kier alpha value is -1.62. The molecule has 0 saturated carbocycles. The zero-order valence-corrected chi connectivity index (χ0v) is 11.8. The minimum atomic E-state index is 0.0330. The highest BCUT2D eigenvalue weighted by atomic mass is 32.1. The molecule has 96 valence electrons. The zero-order chi connectivity index (χ0) is 13.3. The van der Waals surface area contributed by atoms with Crippen LogP contribution in [0.2, 0.25) is 0 Å². The van der Waals surface area contributed by atoms with Crippen LogP contribution in [0.5, 0.6) is 5.75 Å². The van der Waals surface area contributed by atoms with E-state index in [9.17, 15) is 0 Å². The van der Waals surface area contributed by atoms with Crippen molar-refractivity contribution >= 4 is 12.2 Å². The monoisotopic (exact) mass is 263 g/mol. The fourth-order valence-electron chi connectivity index (χ4n) is 1.58. The molecule has 0 spiro atoms. The van der Waals surface area contributed by atoms with Gasteiger partial charge in [-0.1, -0.05) is 33.0 Å². The Morgan fingerprint density at radius 2 is 2.06 bits per heavy atom. The number of H-pyrrole nitrogens is 1. The summed E-state index contributed by atoms with van der Waals surface area (Å²) in [6.45, 7) is 6.41. The van der Waals surface area contributed by atoms with Crippen LogP contribution in [0.25, 0.3) is 5.82 Å². The maximum atomic E-state index is 5.35. The molecule has 0 aromatic carbocycles. The number of rotatable bonds is 2. The van der Waals surface area contributed by atoms with E-state index in [0.29, 0.717) is 0 Å². The van der Waals surface area contributed by atoms with Crippen molar-refractivity contribution in [3.05, 3.63) is 34.7 Å². The molecule has 2 heterocycles. The van der Waals surface area contributed by atoms with Crippen molar-refractivity contribution in [3.8, 4) is 11.6 Å². The first kappa shape index (κ1) is 12.8. The van der Waals surface area contributed by atoms with E-state index in [4.69, 9.17) is 17.0 Å². The van der Waals surface area contributed by atoms with Gasteiger partial charge in [0.2, 0.25) is 0 Å². The summed E-state index contributed by atoms with van der Waals surface area (Å²) in [5, 5.41) is 3.28. The molecule has 5 heteroatoms. The second kappa shape index (κ2) is 4.57. The maximum absolute atomic E-state index is 5.35. The van der Waals surface area contributed by atoms with Gasteiger partial charge < -0.3 is 4.74 Å². The van der Waals surface area contributed by atoms with Gasteiger partial charge >= 0.3 is 0 Å². The molecule has 4 nitrogen and oxygen atoms in total. The van der Waals surface area contributed by atoms with Crippen LogP contribution in [0.1, 0.15) is 26.5 Å². The summed E-state index contributed by atoms with van der Waals surface area (Å²) in [6.07, 6.45) is 1.68. The van der Waals surface area contributed by atoms with E-state index in [2.05, 4.69) is 30.9 Å². The van der Waals surface area contributed by atoms with E-state index in [-0.39, 0.29) is 5.41 Å². The maximum Gasteiger partial charge on any atom is 0.153 e. The molecule has 0 saturated heterocycles. The quantitative estimate of drug-likeness (QED) is 0.846. The van der Waals surface area contributed by atoms with Gasteiger partial charge in [-0.3, -0.25) is 5.10 Å². The highest BCUT2D eigenvalue weighted by molar-refractivity contribution is 7.71. The molecule has 0 aliphatic rings. The Bertz CT molecular complexity index is 590. The molecule has 1 N–H and O–H groups in total. The summed E-state index contributed by atoms with van der Waals surface area (Å²) in [5.74, 6) is 1.49. The molecular weight excluding hydrogens is 246 g/mol. The summed E-state index contributed by atoms with van der Waals surface area (Å²) in [4.78, 5) is 4.32. The molecule has 0 radical (unpaired) electrons. The van der Waals surface area contributed by atoms with Crippen molar-refractivity contribution < 1.29 is 4.74 Å². The van der Waals surface area contributed by atoms with Crippen molar-refractivity contribution in [2.24, 2.45) is 0 Å². The molecule has 0 fully saturated rings. The van der Waals surface area contributed by atoms with Gasteiger partial charge in [0.1, 0.15) is 10.4 Å². The van der Waals surface area contributed by atoms with E-state index in [0.717, 1.165) is 21.9 Å². The smallest absolute Gasteiger partial charge is 0.153 e. The number of ether oxygens (including phenoxy) is 1. The zero-order valence-electron chi connectivity index (χ0n) is 11.0. The average Bonchev–Trinajstić information content (AvgIpc) is 2.71. The summed E-state index contributed by atoms with van der Waals surface area (Å²) >= 11 is 5.35. The average molecular weight is 263 g/mol. The Balaban J connectivity index is 2.44. The molecule has 2 rings (SSSR count). The number of methoxy groups -OCH3 is 1. The topological polar surface area (TPSA) is 42.8 Å². The van der Waals surface area contributed by atoms with Gasteiger partial charge in [0.25, 0.3) is 0 Å². The van der Waals surface area contributed by atoms with Crippen LogP contribution in [0.3, 0.4) is 0 Å². The van der Waals surface area contributed by atoms with Gasteiger partial charge in [0.15, 0.2) is 5.82 Å². The van der Waals surface area contributed by atoms with Crippen LogP contribution >= 0.6 is 12.2 Å². The third-order valence-corrected chi connectivity index (χ3v) is 3.01. The van der Waals surface area contributed by atoms with Gasteiger partial charge in [0.05, 0.1) is 13.3 Å². The van der Waals surface area contributed by atoms with E-state index in [1.54, 1.807) is 18.0 Å². The largest absolute Gasteiger partial charge is 0.495 e. The molecule has 0 amide bonds. The summed E-state index contributed by atoms with van der Waals surface area (Å²) in [6, 6.07) is 5.71. The lowest BCUT2D eigenvalue weighted by Crippen LogP contribution is -2.12. The predicted molar refractivity (Wildman–Crippen MR) is 74.0 cm³/mol. The summed E-state index contributed by atoms with van der Waals surface area (Å²) in [5.41, 5.74) is 1.12. The number of pyridine rings is 1. The molecule has 0 unspecified atom stereocenters. The van der Waals surface area contributed by atoms with Crippen molar-refractivity contribution in [2.75, 3.05) is 7.11 Å². The highest BCUT2D eigenvalue weighted by Crippen LogP contribution is 2.21. The SMILES string of the molecule is COc1ccc(-n2[nH]c(C(C)(C)C)cc2=S)nc1. The van der Waals surface area contributed by atoms with E-state index < -0.39 is 0 Å². The molecule has 18 heavy (non-hydrogen) atoms. The van der Waals surface area contributed by atoms with Crippen LogP contribution < -0.4 is 4.74 Å². The highest BCUT2D eigenvalue weighted by Gasteiger charge is 2.17. The number of aromatic amines is 1. The summed E-state index contributed by atoms with van der Waals surface area (Å²) in [7, 11) is 1.62. The molecule has 0 atom stereocenters. The number of aromatic nitrogens is 3. The Labute approximate surface area is 112 Å². The first-order valence-corrected chi connectivity index (χ1v) is 6.15. The number of hydrogen-bond donors (Lipinski definition) is 1. The first-order valence-electron chi connectivity index (χ1n) is 5.75. The number of nitrogens with one attached hydrogen (secondary N) is 1. The lowest BCUT2D eigenvalue weighted by atomic mass is 9.93. The van der Waals surface area contributed by atoms with Gasteiger partial charge in [-0.05, 0) is 18.2 Å². The molecule has 2 aromatic rings. The van der Waals surface area contributed by atoms with Gasteiger partial charge in [-0.15, -0.1) is 0 Å². The number of hydrogen-bond acceptors (Lipinski definition) is 3.